The van der Waals surface area contributed by atoms with E-state index in [2.05, 4.69) is 65.9 Å². The largest absolute Gasteiger partial charge is 0.372 e. The first kappa shape index (κ1) is 15.5. The molecule has 2 aliphatic rings. The van der Waals surface area contributed by atoms with Crippen molar-refractivity contribution in [3.8, 4) is 0 Å². The summed E-state index contributed by atoms with van der Waals surface area (Å²) < 4.78 is 2.18. The Hall–Kier alpha value is -2.75. The second-order valence-corrected chi connectivity index (χ2v) is 7.51. The Morgan fingerprint density at radius 2 is 1.69 bits per heavy atom. The minimum absolute atomic E-state index is 0.119. The molecule has 3 aromatic rings. The van der Waals surface area contributed by atoms with Gasteiger partial charge in [0.15, 0.2) is 0 Å². The van der Waals surface area contributed by atoms with E-state index in [9.17, 15) is 4.79 Å². The van der Waals surface area contributed by atoms with E-state index in [4.69, 9.17) is 0 Å². The number of aromatic nitrogens is 1. The van der Waals surface area contributed by atoms with Crippen LogP contribution in [-0.2, 0) is 13.6 Å². The number of nitrogens with zero attached hydrogens (tertiary/aromatic N) is 3. The van der Waals surface area contributed by atoms with Gasteiger partial charge in [0, 0.05) is 53.7 Å². The van der Waals surface area contributed by atoms with E-state index in [1.807, 2.05) is 4.90 Å². The molecular weight excluding hydrogens is 322 g/mol. The summed E-state index contributed by atoms with van der Waals surface area (Å²) in [6.07, 6.45) is 2.49. The summed E-state index contributed by atoms with van der Waals surface area (Å²) in [4.78, 5) is 17.4. The van der Waals surface area contributed by atoms with Crippen molar-refractivity contribution in [1.29, 1.82) is 0 Å². The highest BCUT2D eigenvalue weighted by Gasteiger charge is 2.29. The summed E-state index contributed by atoms with van der Waals surface area (Å²) in [7, 11) is 2.08. The van der Waals surface area contributed by atoms with Gasteiger partial charge in [0.1, 0.15) is 0 Å². The van der Waals surface area contributed by atoms with Gasteiger partial charge in [0.05, 0.1) is 6.54 Å². The molecule has 0 radical (unpaired) electrons. The molecule has 26 heavy (non-hydrogen) atoms. The third-order valence-corrected chi connectivity index (χ3v) is 5.95. The molecule has 5 rings (SSSR count). The Balaban J connectivity index is 1.50. The van der Waals surface area contributed by atoms with Gasteiger partial charge in [0.25, 0.3) is 5.91 Å². The van der Waals surface area contributed by atoms with E-state index in [0.29, 0.717) is 6.54 Å². The van der Waals surface area contributed by atoms with Crippen LogP contribution >= 0.6 is 0 Å². The van der Waals surface area contributed by atoms with Crippen LogP contribution in [0.3, 0.4) is 0 Å². The molecule has 0 bridgehead atoms. The molecular formula is C22H23N3O. The summed E-state index contributed by atoms with van der Waals surface area (Å²) in [5, 5.41) is 1.18. The fourth-order valence-corrected chi connectivity index (χ4v) is 4.31. The molecule has 2 aromatic carbocycles. The number of carbonyl (C=O) groups excluding carboxylic acids is 1. The predicted molar refractivity (Wildman–Crippen MR) is 106 cm³/mol. The number of hydrogen-bond acceptors (Lipinski definition) is 2. The maximum Gasteiger partial charge on any atom is 0.259 e. The van der Waals surface area contributed by atoms with E-state index >= 15 is 0 Å². The van der Waals surface area contributed by atoms with E-state index < -0.39 is 0 Å². The first-order chi connectivity index (χ1) is 12.6. The predicted octanol–water partition coefficient (Wildman–Crippen LogP) is 4.25. The van der Waals surface area contributed by atoms with E-state index in [1.165, 1.54) is 35.1 Å². The second-order valence-electron chi connectivity index (χ2n) is 7.51. The third-order valence-electron chi connectivity index (χ3n) is 5.95. The quantitative estimate of drug-likeness (QED) is 0.695. The molecule has 3 heterocycles. The van der Waals surface area contributed by atoms with Crippen LogP contribution in [0.5, 0.6) is 0 Å². The topological polar surface area (TPSA) is 28.5 Å². The Morgan fingerprint density at radius 3 is 2.50 bits per heavy atom. The van der Waals surface area contributed by atoms with Crippen molar-refractivity contribution in [1.82, 2.24) is 4.57 Å². The maximum atomic E-state index is 13.1. The highest BCUT2D eigenvalue weighted by Crippen LogP contribution is 2.33. The zero-order valence-corrected chi connectivity index (χ0v) is 15.3. The van der Waals surface area contributed by atoms with Crippen LogP contribution in [0.2, 0.25) is 0 Å². The molecule has 1 amide bonds. The lowest BCUT2D eigenvalue weighted by Crippen LogP contribution is -2.23. The van der Waals surface area contributed by atoms with Crippen molar-refractivity contribution in [2.24, 2.45) is 7.05 Å². The van der Waals surface area contributed by atoms with Gasteiger partial charge in [-0.3, -0.25) is 4.79 Å². The number of carbonyl (C=O) groups is 1. The first-order valence-corrected chi connectivity index (χ1v) is 9.38. The number of aryl methyl sites for hydroxylation is 2. The van der Waals surface area contributed by atoms with Gasteiger partial charge in [-0.05, 0) is 61.7 Å². The molecule has 132 valence electrons. The monoisotopic (exact) mass is 345 g/mol. The molecule has 0 unspecified atom stereocenters. The van der Waals surface area contributed by atoms with Gasteiger partial charge in [0.2, 0.25) is 0 Å². The van der Waals surface area contributed by atoms with Crippen LogP contribution in [0.1, 0.15) is 34.5 Å². The minimum Gasteiger partial charge on any atom is -0.372 e. The van der Waals surface area contributed by atoms with Crippen molar-refractivity contribution in [2.45, 2.75) is 26.3 Å². The van der Waals surface area contributed by atoms with Crippen LogP contribution in [0, 0.1) is 6.92 Å². The van der Waals surface area contributed by atoms with Gasteiger partial charge in [-0.2, -0.15) is 0 Å². The molecule has 1 saturated heterocycles. The van der Waals surface area contributed by atoms with Gasteiger partial charge < -0.3 is 14.4 Å². The lowest BCUT2D eigenvalue weighted by atomic mass is 10.1. The summed E-state index contributed by atoms with van der Waals surface area (Å²) in [6.45, 7) is 4.96. The molecule has 0 saturated carbocycles. The van der Waals surface area contributed by atoms with Crippen molar-refractivity contribution >= 4 is 28.2 Å². The number of hydrogen-bond donors (Lipinski definition) is 0. The van der Waals surface area contributed by atoms with E-state index in [0.717, 1.165) is 29.9 Å². The van der Waals surface area contributed by atoms with E-state index in [1.54, 1.807) is 0 Å². The smallest absolute Gasteiger partial charge is 0.259 e. The average Bonchev–Trinajstić information content (AvgIpc) is 3.35. The maximum absolute atomic E-state index is 13.1. The van der Waals surface area contributed by atoms with Gasteiger partial charge in [-0.1, -0.05) is 6.07 Å². The van der Waals surface area contributed by atoms with Crippen LogP contribution in [0.25, 0.3) is 10.9 Å². The number of benzene rings is 2. The van der Waals surface area contributed by atoms with Crippen molar-refractivity contribution < 1.29 is 4.79 Å². The lowest BCUT2D eigenvalue weighted by Gasteiger charge is -2.18. The van der Waals surface area contributed by atoms with Crippen molar-refractivity contribution in [3.05, 3.63) is 59.3 Å². The molecule has 0 aliphatic carbocycles. The van der Waals surface area contributed by atoms with Crippen LogP contribution < -0.4 is 9.80 Å². The summed E-state index contributed by atoms with van der Waals surface area (Å²) in [5.74, 6) is 0.119. The molecule has 2 aliphatic heterocycles. The van der Waals surface area contributed by atoms with Crippen molar-refractivity contribution in [2.75, 3.05) is 22.9 Å². The first-order valence-electron chi connectivity index (χ1n) is 9.38. The summed E-state index contributed by atoms with van der Waals surface area (Å²) in [5.41, 5.74) is 6.58. The molecule has 4 heteroatoms. The van der Waals surface area contributed by atoms with Crippen LogP contribution in [0.4, 0.5) is 11.4 Å². The van der Waals surface area contributed by atoms with Crippen LogP contribution in [-0.4, -0.2) is 23.6 Å². The highest BCUT2D eigenvalue weighted by atomic mass is 16.2. The minimum atomic E-state index is 0.119. The molecule has 4 nitrogen and oxygen atoms in total. The summed E-state index contributed by atoms with van der Waals surface area (Å²) >= 11 is 0. The molecule has 1 fully saturated rings. The van der Waals surface area contributed by atoms with Crippen molar-refractivity contribution in [3.63, 3.8) is 0 Å². The van der Waals surface area contributed by atoms with Gasteiger partial charge in [-0.25, -0.2) is 0 Å². The average molecular weight is 345 g/mol. The molecule has 0 spiro atoms. The SMILES string of the molecule is Cc1cc2cc(N3Cc4ccc(N5CCCC5)cc4C3=O)ccc2n1C. The molecule has 0 N–H and O–H groups in total. The number of rotatable bonds is 2. The van der Waals surface area contributed by atoms with Gasteiger partial charge in [-0.15, -0.1) is 0 Å². The number of anilines is 2. The second kappa shape index (κ2) is 5.63. The Labute approximate surface area is 153 Å². The standard InChI is InChI=1S/C22H23N3O/c1-15-11-17-12-19(7-8-21(17)23(15)2)25-14-16-5-6-18(13-20(16)22(25)26)24-9-3-4-10-24/h5-8,11-13H,3-4,9-10,14H2,1-2H3. The zero-order valence-electron chi connectivity index (χ0n) is 15.3. The van der Waals surface area contributed by atoms with Crippen LogP contribution in [0.15, 0.2) is 42.5 Å². The fraction of sp³-hybridized carbons (Fsp3) is 0.318. The Kier molecular flexibility index (Phi) is 3.36. The number of amides is 1. The Bertz CT molecular complexity index is 1030. The normalized spacial score (nSPS) is 16.8. The number of fused-ring (bicyclic) bond motifs is 2. The molecule has 1 aromatic heterocycles. The van der Waals surface area contributed by atoms with E-state index in [-0.39, 0.29) is 5.91 Å². The zero-order chi connectivity index (χ0) is 17.8. The summed E-state index contributed by atoms with van der Waals surface area (Å²) in [6, 6.07) is 14.9. The Morgan fingerprint density at radius 1 is 0.923 bits per heavy atom. The molecule has 0 atom stereocenters. The highest BCUT2D eigenvalue weighted by molar-refractivity contribution is 6.11. The third kappa shape index (κ3) is 2.25. The fourth-order valence-electron chi connectivity index (χ4n) is 4.31. The lowest BCUT2D eigenvalue weighted by molar-refractivity contribution is 0.0996. The van der Waals surface area contributed by atoms with Gasteiger partial charge >= 0.3 is 0 Å².